The lowest BCUT2D eigenvalue weighted by atomic mass is 9.96. The normalized spacial score (nSPS) is 16.0. The van der Waals surface area contributed by atoms with Crippen LogP contribution < -0.4 is 10.2 Å². The van der Waals surface area contributed by atoms with Crippen LogP contribution in [0.1, 0.15) is 19.8 Å². The fourth-order valence-corrected chi connectivity index (χ4v) is 3.41. The molecular weight excluding hydrogens is 304 g/mol. The summed E-state index contributed by atoms with van der Waals surface area (Å²) in [7, 11) is 0. The molecular formula is C18H20N4O2. The summed E-state index contributed by atoms with van der Waals surface area (Å²) < 4.78 is 6.00. The molecule has 6 heteroatoms. The van der Waals surface area contributed by atoms with E-state index >= 15 is 0 Å². The Kier molecular flexibility index (Phi) is 3.80. The number of hydrogen-bond acceptors (Lipinski definition) is 5. The van der Waals surface area contributed by atoms with E-state index in [1.54, 1.807) is 6.33 Å². The van der Waals surface area contributed by atoms with Gasteiger partial charge in [0.05, 0.1) is 0 Å². The highest BCUT2D eigenvalue weighted by Crippen LogP contribution is 2.33. The number of anilines is 1. The topological polar surface area (TPSA) is 71.3 Å². The molecule has 0 spiro atoms. The Morgan fingerprint density at radius 3 is 2.88 bits per heavy atom. The third kappa shape index (κ3) is 2.48. The van der Waals surface area contributed by atoms with E-state index in [0.29, 0.717) is 6.54 Å². The molecule has 3 aromatic rings. The lowest BCUT2D eigenvalue weighted by Gasteiger charge is -2.31. The van der Waals surface area contributed by atoms with Gasteiger partial charge >= 0.3 is 0 Å². The highest BCUT2D eigenvalue weighted by atomic mass is 16.3. The fourth-order valence-electron chi connectivity index (χ4n) is 3.41. The molecule has 0 saturated carbocycles. The number of furan rings is 1. The maximum atomic E-state index is 12.0. The van der Waals surface area contributed by atoms with Crippen LogP contribution in [0.2, 0.25) is 0 Å². The number of hydrogen-bond donors (Lipinski definition) is 1. The fraction of sp³-hybridized carbons (Fsp3) is 0.389. The van der Waals surface area contributed by atoms with E-state index in [4.69, 9.17) is 4.42 Å². The summed E-state index contributed by atoms with van der Waals surface area (Å²) in [6.45, 7) is 4.23. The highest BCUT2D eigenvalue weighted by molar-refractivity contribution is 6.05. The molecule has 1 aliphatic heterocycles. The first kappa shape index (κ1) is 14.9. The van der Waals surface area contributed by atoms with Crippen LogP contribution in [0.4, 0.5) is 5.82 Å². The molecule has 1 N–H and O–H groups in total. The number of nitrogens with one attached hydrogen (secondary N) is 1. The van der Waals surface area contributed by atoms with E-state index < -0.39 is 0 Å². The molecule has 1 fully saturated rings. The van der Waals surface area contributed by atoms with Crippen molar-refractivity contribution in [3.63, 3.8) is 0 Å². The zero-order valence-corrected chi connectivity index (χ0v) is 13.7. The molecule has 2 aromatic heterocycles. The number of rotatable bonds is 3. The van der Waals surface area contributed by atoms with Crippen molar-refractivity contribution in [1.82, 2.24) is 15.3 Å². The van der Waals surface area contributed by atoms with Gasteiger partial charge in [-0.05, 0) is 31.9 Å². The second-order valence-corrected chi connectivity index (χ2v) is 6.13. The van der Waals surface area contributed by atoms with Crippen molar-refractivity contribution in [1.29, 1.82) is 0 Å². The number of nitrogens with zero attached hydrogens (tertiary/aromatic N) is 3. The van der Waals surface area contributed by atoms with Crippen LogP contribution in [-0.2, 0) is 4.79 Å². The van der Waals surface area contributed by atoms with Crippen LogP contribution in [0.25, 0.3) is 22.1 Å². The summed E-state index contributed by atoms with van der Waals surface area (Å²) in [6.07, 6.45) is 3.25. The molecule has 0 bridgehead atoms. The lowest BCUT2D eigenvalue weighted by Crippen LogP contribution is -2.40. The summed E-state index contributed by atoms with van der Waals surface area (Å²) in [5.41, 5.74) is 2.41. The second-order valence-electron chi connectivity index (χ2n) is 6.13. The smallest absolute Gasteiger partial charge is 0.223 e. The van der Waals surface area contributed by atoms with Gasteiger partial charge in [-0.2, -0.15) is 0 Å². The molecule has 6 nitrogen and oxygen atoms in total. The number of fused-ring (bicyclic) bond motifs is 3. The monoisotopic (exact) mass is 324 g/mol. The number of benzene rings is 1. The minimum atomic E-state index is 0.0919. The van der Waals surface area contributed by atoms with Gasteiger partial charge in [0.1, 0.15) is 17.4 Å². The zero-order chi connectivity index (χ0) is 16.5. The van der Waals surface area contributed by atoms with E-state index in [0.717, 1.165) is 53.8 Å². The van der Waals surface area contributed by atoms with E-state index in [1.165, 1.54) is 0 Å². The number of para-hydroxylation sites is 1. The molecule has 0 atom stereocenters. The van der Waals surface area contributed by atoms with Crippen molar-refractivity contribution < 1.29 is 9.21 Å². The molecule has 124 valence electrons. The van der Waals surface area contributed by atoms with E-state index in [1.807, 2.05) is 31.2 Å². The average molecular weight is 324 g/mol. The maximum Gasteiger partial charge on any atom is 0.223 e. The van der Waals surface area contributed by atoms with Crippen LogP contribution >= 0.6 is 0 Å². The molecule has 24 heavy (non-hydrogen) atoms. The first-order chi connectivity index (χ1) is 11.8. The highest BCUT2D eigenvalue weighted by Gasteiger charge is 2.27. The Balaban J connectivity index is 1.62. The minimum Gasteiger partial charge on any atom is -0.450 e. The van der Waals surface area contributed by atoms with Gasteiger partial charge in [-0.3, -0.25) is 4.79 Å². The van der Waals surface area contributed by atoms with Crippen molar-refractivity contribution in [2.45, 2.75) is 19.8 Å². The number of carbonyl (C=O) groups is 1. The summed E-state index contributed by atoms with van der Waals surface area (Å²) in [5.74, 6) is 1.08. The van der Waals surface area contributed by atoms with Crippen LogP contribution in [0.3, 0.4) is 0 Å². The Labute approximate surface area is 139 Å². The van der Waals surface area contributed by atoms with Crippen molar-refractivity contribution in [2.24, 2.45) is 5.92 Å². The van der Waals surface area contributed by atoms with Gasteiger partial charge in [-0.25, -0.2) is 9.97 Å². The Bertz CT molecular complexity index is 881. The molecule has 1 saturated heterocycles. The van der Waals surface area contributed by atoms with Crippen LogP contribution in [0, 0.1) is 5.92 Å². The zero-order valence-electron chi connectivity index (χ0n) is 13.7. The van der Waals surface area contributed by atoms with Crippen LogP contribution in [0.5, 0.6) is 0 Å². The third-order valence-electron chi connectivity index (χ3n) is 4.66. The Morgan fingerprint density at radius 1 is 1.29 bits per heavy atom. The molecule has 0 aliphatic carbocycles. The number of aromatic nitrogens is 2. The summed E-state index contributed by atoms with van der Waals surface area (Å²) in [6, 6.07) is 7.90. The molecule has 3 heterocycles. The first-order valence-corrected chi connectivity index (χ1v) is 8.43. The SMILES string of the molecule is CCNC(=O)C1CCN(c2ncnc3c2oc2ccccc23)CC1. The van der Waals surface area contributed by atoms with Gasteiger partial charge < -0.3 is 14.6 Å². The van der Waals surface area contributed by atoms with Crippen molar-refractivity contribution in [3.8, 4) is 0 Å². The van der Waals surface area contributed by atoms with Gasteiger partial charge in [0.15, 0.2) is 11.4 Å². The van der Waals surface area contributed by atoms with Crippen molar-refractivity contribution in [2.75, 3.05) is 24.5 Å². The molecule has 4 rings (SSSR count). The van der Waals surface area contributed by atoms with Crippen molar-refractivity contribution in [3.05, 3.63) is 30.6 Å². The van der Waals surface area contributed by atoms with E-state index in [-0.39, 0.29) is 11.8 Å². The van der Waals surface area contributed by atoms with E-state index in [9.17, 15) is 4.79 Å². The standard InChI is InChI=1S/C18H20N4O2/c1-2-19-18(23)12-7-9-22(10-8-12)17-16-15(20-11-21-17)13-5-3-4-6-14(13)24-16/h3-6,11-12H,2,7-10H2,1H3,(H,19,23). The average Bonchev–Trinajstić information content (AvgIpc) is 3.01. The van der Waals surface area contributed by atoms with Gasteiger partial charge in [-0.1, -0.05) is 12.1 Å². The number of amides is 1. The maximum absolute atomic E-state index is 12.0. The lowest BCUT2D eigenvalue weighted by molar-refractivity contribution is -0.125. The third-order valence-corrected chi connectivity index (χ3v) is 4.66. The van der Waals surface area contributed by atoms with Gasteiger partial charge in [0.2, 0.25) is 5.91 Å². The molecule has 0 radical (unpaired) electrons. The predicted molar refractivity (Wildman–Crippen MR) is 92.9 cm³/mol. The summed E-state index contributed by atoms with van der Waals surface area (Å²) >= 11 is 0. The first-order valence-electron chi connectivity index (χ1n) is 8.43. The number of piperidine rings is 1. The molecule has 1 aromatic carbocycles. The van der Waals surface area contributed by atoms with Gasteiger partial charge in [0.25, 0.3) is 0 Å². The largest absolute Gasteiger partial charge is 0.450 e. The summed E-state index contributed by atoms with van der Waals surface area (Å²) in [5, 5.41) is 3.92. The Hall–Kier alpha value is -2.63. The van der Waals surface area contributed by atoms with Crippen LogP contribution in [0.15, 0.2) is 35.0 Å². The summed E-state index contributed by atoms with van der Waals surface area (Å²) in [4.78, 5) is 23.0. The van der Waals surface area contributed by atoms with Gasteiger partial charge in [0, 0.05) is 30.9 Å². The van der Waals surface area contributed by atoms with Crippen LogP contribution in [-0.4, -0.2) is 35.5 Å². The van der Waals surface area contributed by atoms with Gasteiger partial charge in [-0.15, -0.1) is 0 Å². The predicted octanol–water partition coefficient (Wildman–Crippen LogP) is 2.73. The van der Waals surface area contributed by atoms with E-state index in [2.05, 4.69) is 20.2 Å². The minimum absolute atomic E-state index is 0.0919. The molecule has 1 amide bonds. The second kappa shape index (κ2) is 6.11. The quantitative estimate of drug-likeness (QED) is 0.802. The molecule has 0 unspecified atom stereocenters. The Morgan fingerprint density at radius 2 is 2.08 bits per heavy atom. The molecule has 1 aliphatic rings. The number of carbonyl (C=O) groups excluding carboxylic acids is 1. The van der Waals surface area contributed by atoms with Crippen molar-refractivity contribution >= 4 is 33.8 Å².